The molecule has 0 saturated carbocycles. The monoisotopic (exact) mass is 524 g/mol. The topological polar surface area (TPSA) is 60.5 Å². The molecular formula is C19H13Cl5N2O3S. The molecule has 0 atom stereocenters. The Hall–Kier alpha value is -1.41. The second-order valence-electron chi connectivity index (χ2n) is 5.73. The van der Waals surface area contributed by atoms with Crippen molar-refractivity contribution in [1.82, 2.24) is 4.98 Å². The number of carbonyl (C=O) groups is 1. The summed E-state index contributed by atoms with van der Waals surface area (Å²) in [6, 6.07) is 7.51. The number of nitrogens with one attached hydrogen (secondary N) is 1. The summed E-state index contributed by atoms with van der Waals surface area (Å²) in [5.74, 6) is 0.293. The molecule has 3 aromatic rings. The molecule has 0 bridgehead atoms. The second kappa shape index (κ2) is 10.3. The Labute approximate surface area is 201 Å². The number of thiazole rings is 1. The molecule has 0 radical (unpaired) electrons. The van der Waals surface area contributed by atoms with Crippen molar-refractivity contribution < 1.29 is 14.3 Å². The third kappa shape index (κ3) is 5.25. The fraction of sp³-hybridized carbons (Fsp3) is 0.158. The van der Waals surface area contributed by atoms with E-state index in [1.165, 1.54) is 11.3 Å². The molecule has 0 spiro atoms. The van der Waals surface area contributed by atoms with Gasteiger partial charge in [0, 0.05) is 10.9 Å². The number of hydrogen-bond acceptors (Lipinski definition) is 5. The zero-order chi connectivity index (χ0) is 21.8. The summed E-state index contributed by atoms with van der Waals surface area (Å²) in [5, 5.41) is 4.82. The number of hydrogen-bond donors (Lipinski definition) is 1. The molecule has 158 valence electrons. The van der Waals surface area contributed by atoms with Crippen molar-refractivity contribution in [2.24, 2.45) is 0 Å². The van der Waals surface area contributed by atoms with Crippen LogP contribution in [0.15, 0.2) is 29.6 Å². The maximum atomic E-state index is 12.2. The van der Waals surface area contributed by atoms with Gasteiger partial charge in [0.25, 0.3) is 5.91 Å². The lowest BCUT2D eigenvalue weighted by molar-refractivity contribution is -0.118. The largest absolute Gasteiger partial charge is 0.494 e. The number of nitrogens with zero attached hydrogens (tertiary/aromatic N) is 1. The van der Waals surface area contributed by atoms with Crippen molar-refractivity contribution in [3.8, 4) is 22.8 Å². The van der Waals surface area contributed by atoms with E-state index >= 15 is 0 Å². The highest BCUT2D eigenvalue weighted by Gasteiger charge is 2.21. The maximum absolute atomic E-state index is 12.2. The van der Waals surface area contributed by atoms with Gasteiger partial charge in [0.2, 0.25) is 0 Å². The van der Waals surface area contributed by atoms with Gasteiger partial charge >= 0.3 is 0 Å². The van der Waals surface area contributed by atoms with Crippen molar-refractivity contribution >= 4 is 80.4 Å². The minimum Gasteiger partial charge on any atom is -0.494 e. The van der Waals surface area contributed by atoms with Crippen LogP contribution >= 0.6 is 69.3 Å². The predicted octanol–water partition coefficient (Wildman–Crippen LogP) is 7.49. The van der Waals surface area contributed by atoms with E-state index < -0.39 is 5.91 Å². The van der Waals surface area contributed by atoms with Crippen LogP contribution < -0.4 is 14.8 Å². The summed E-state index contributed by atoms with van der Waals surface area (Å²) in [7, 11) is 0. The van der Waals surface area contributed by atoms with Crippen LogP contribution in [0.25, 0.3) is 11.3 Å². The van der Waals surface area contributed by atoms with Gasteiger partial charge in [0.05, 0.1) is 27.4 Å². The zero-order valence-electron chi connectivity index (χ0n) is 15.3. The number of anilines is 1. The van der Waals surface area contributed by atoms with E-state index in [2.05, 4.69) is 10.3 Å². The van der Waals surface area contributed by atoms with E-state index in [9.17, 15) is 4.79 Å². The van der Waals surface area contributed by atoms with Crippen LogP contribution in [0.1, 0.15) is 6.92 Å². The number of rotatable bonds is 7. The number of amides is 1. The molecule has 5 nitrogen and oxygen atoms in total. The van der Waals surface area contributed by atoms with E-state index in [-0.39, 0.29) is 37.5 Å². The van der Waals surface area contributed by atoms with Gasteiger partial charge in [0.15, 0.2) is 17.5 Å². The van der Waals surface area contributed by atoms with Crippen LogP contribution in [0.4, 0.5) is 5.13 Å². The summed E-state index contributed by atoms with van der Waals surface area (Å²) in [6.07, 6.45) is 0. The van der Waals surface area contributed by atoms with Crippen molar-refractivity contribution in [3.05, 3.63) is 54.8 Å². The molecule has 1 amide bonds. The Bertz CT molecular complexity index is 1040. The Morgan fingerprint density at radius 2 is 1.57 bits per heavy atom. The molecule has 3 rings (SSSR count). The van der Waals surface area contributed by atoms with Gasteiger partial charge in [-0.1, -0.05) is 58.0 Å². The van der Waals surface area contributed by atoms with Crippen LogP contribution in [0.3, 0.4) is 0 Å². The number of halogens is 5. The molecule has 30 heavy (non-hydrogen) atoms. The third-order valence-electron chi connectivity index (χ3n) is 3.73. The quantitative estimate of drug-likeness (QED) is 0.256. The van der Waals surface area contributed by atoms with Crippen LogP contribution in [0, 0.1) is 0 Å². The number of benzene rings is 2. The van der Waals surface area contributed by atoms with Gasteiger partial charge in [-0.2, -0.15) is 0 Å². The number of ether oxygens (including phenoxy) is 2. The SMILES string of the molecule is CCOc1ccc(-c2csc(NC(=O)COc3c(Cl)c(Cl)c(Cl)c(Cl)c3Cl)n2)cc1. The van der Waals surface area contributed by atoms with E-state index in [1.54, 1.807) is 0 Å². The first-order chi connectivity index (χ1) is 14.3. The number of aromatic nitrogens is 1. The molecule has 0 saturated heterocycles. The average Bonchev–Trinajstić information content (AvgIpc) is 3.20. The van der Waals surface area contributed by atoms with Gasteiger partial charge in [-0.05, 0) is 31.2 Å². The first-order valence-electron chi connectivity index (χ1n) is 8.44. The van der Waals surface area contributed by atoms with E-state index in [4.69, 9.17) is 67.5 Å². The van der Waals surface area contributed by atoms with Gasteiger partial charge in [-0.25, -0.2) is 4.98 Å². The molecule has 0 aliphatic rings. The Kier molecular flexibility index (Phi) is 7.96. The minimum absolute atomic E-state index is 0.00902. The highest BCUT2D eigenvalue weighted by molar-refractivity contribution is 7.14. The Morgan fingerprint density at radius 1 is 0.967 bits per heavy atom. The normalized spacial score (nSPS) is 10.7. The lowest BCUT2D eigenvalue weighted by Crippen LogP contribution is -2.20. The van der Waals surface area contributed by atoms with Gasteiger partial charge in [-0.3, -0.25) is 10.1 Å². The Balaban J connectivity index is 1.64. The van der Waals surface area contributed by atoms with Crippen LogP contribution in [-0.4, -0.2) is 24.1 Å². The molecule has 0 unspecified atom stereocenters. The molecule has 0 fully saturated rings. The predicted molar refractivity (Wildman–Crippen MR) is 124 cm³/mol. The van der Waals surface area contributed by atoms with Crippen molar-refractivity contribution in [2.45, 2.75) is 6.92 Å². The van der Waals surface area contributed by atoms with Crippen LogP contribution in [-0.2, 0) is 4.79 Å². The van der Waals surface area contributed by atoms with Crippen molar-refractivity contribution in [2.75, 3.05) is 18.5 Å². The molecule has 0 aliphatic carbocycles. The summed E-state index contributed by atoms with van der Waals surface area (Å²) in [5.41, 5.74) is 1.62. The highest BCUT2D eigenvalue weighted by Crippen LogP contribution is 2.48. The molecule has 1 aromatic heterocycles. The van der Waals surface area contributed by atoms with Crippen molar-refractivity contribution in [1.29, 1.82) is 0 Å². The summed E-state index contributed by atoms with van der Waals surface area (Å²) in [4.78, 5) is 16.6. The van der Waals surface area contributed by atoms with Crippen LogP contribution in [0.5, 0.6) is 11.5 Å². The lowest BCUT2D eigenvalue weighted by atomic mass is 10.2. The first-order valence-corrected chi connectivity index (χ1v) is 11.2. The lowest BCUT2D eigenvalue weighted by Gasteiger charge is -2.13. The molecule has 1 heterocycles. The molecule has 0 aliphatic heterocycles. The first kappa shape index (κ1) is 23.3. The summed E-state index contributed by atoms with van der Waals surface area (Å²) < 4.78 is 10.8. The maximum Gasteiger partial charge on any atom is 0.264 e. The fourth-order valence-electron chi connectivity index (χ4n) is 2.36. The zero-order valence-corrected chi connectivity index (χ0v) is 19.9. The molecular weight excluding hydrogens is 514 g/mol. The molecule has 11 heteroatoms. The van der Waals surface area contributed by atoms with Gasteiger partial charge in [-0.15, -0.1) is 11.3 Å². The molecule has 2 aromatic carbocycles. The molecule has 1 N–H and O–H groups in total. The average molecular weight is 527 g/mol. The Morgan fingerprint density at radius 3 is 2.17 bits per heavy atom. The fourth-order valence-corrected chi connectivity index (χ4v) is 4.32. The van der Waals surface area contributed by atoms with E-state index in [0.29, 0.717) is 11.7 Å². The summed E-state index contributed by atoms with van der Waals surface area (Å²) >= 11 is 31.4. The van der Waals surface area contributed by atoms with Crippen LogP contribution in [0.2, 0.25) is 25.1 Å². The highest BCUT2D eigenvalue weighted by atomic mass is 35.5. The van der Waals surface area contributed by atoms with E-state index in [0.717, 1.165) is 17.0 Å². The third-order valence-corrected chi connectivity index (χ3v) is 6.73. The van der Waals surface area contributed by atoms with Crippen molar-refractivity contribution in [3.63, 3.8) is 0 Å². The van der Waals surface area contributed by atoms with E-state index in [1.807, 2.05) is 36.6 Å². The summed E-state index contributed by atoms with van der Waals surface area (Å²) in [6.45, 7) is 2.13. The van der Waals surface area contributed by atoms with Gasteiger partial charge in [0.1, 0.15) is 15.8 Å². The van der Waals surface area contributed by atoms with Gasteiger partial charge < -0.3 is 9.47 Å². The standard InChI is InChI=1S/C19H13Cl5N2O3S/c1-2-28-10-5-3-9(4-6-10)11-8-30-19(25-11)26-12(27)7-29-18-16(23)14(21)13(20)15(22)17(18)24/h3-6,8H,2,7H2,1H3,(H,25,26,27). The smallest absolute Gasteiger partial charge is 0.264 e. The number of carbonyl (C=O) groups excluding carboxylic acids is 1. The second-order valence-corrected chi connectivity index (χ2v) is 8.48. The minimum atomic E-state index is -0.461.